The van der Waals surface area contributed by atoms with Crippen LogP contribution in [0.3, 0.4) is 0 Å². The topological polar surface area (TPSA) is 29.5 Å². The van der Waals surface area contributed by atoms with Crippen molar-refractivity contribution >= 4 is 0 Å². The molecule has 0 aliphatic heterocycles. The van der Waals surface area contributed by atoms with Crippen LogP contribution in [0.15, 0.2) is 18.2 Å². The summed E-state index contributed by atoms with van der Waals surface area (Å²) in [6.07, 6.45) is 2.13. The van der Waals surface area contributed by atoms with Crippen molar-refractivity contribution < 1.29 is 9.84 Å². The van der Waals surface area contributed by atoms with Crippen LogP contribution >= 0.6 is 0 Å². The van der Waals surface area contributed by atoms with Gasteiger partial charge in [0.15, 0.2) is 0 Å². The Kier molecular flexibility index (Phi) is 1.77. The molecule has 0 heterocycles. The van der Waals surface area contributed by atoms with Crippen molar-refractivity contribution in [3.05, 3.63) is 35.4 Å². The number of benzene rings is 1. The van der Waals surface area contributed by atoms with Crippen LogP contribution in [0.1, 0.15) is 17.5 Å². The summed E-state index contributed by atoms with van der Waals surface area (Å²) >= 11 is 0. The van der Waals surface area contributed by atoms with E-state index in [4.69, 9.17) is 4.74 Å². The first-order chi connectivity index (χ1) is 5.83. The first kappa shape index (κ1) is 7.62. The van der Waals surface area contributed by atoms with Gasteiger partial charge in [-0.15, -0.1) is 0 Å². The number of aliphatic hydroxyl groups excluding tert-OH is 1. The number of rotatable bonds is 1. The van der Waals surface area contributed by atoms with E-state index in [1.165, 1.54) is 0 Å². The maximum atomic E-state index is 9.46. The van der Waals surface area contributed by atoms with Crippen molar-refractivity contribution in [2.45, 2.75) is 12.8 Å². The highest BCUT2D eigenvalue weighted by molar-refractivity contribution is 5.49. The Labute approximate surface area is 71.8 Å². The second-order valence-corrected chi connectivity index (χ2v) is 2.93. The second-order valence-electron chi connectivity index (χ2n) is 2.93. The SMILES string of the molecule is COc1cccc2c1CC[C]2O. The zero-order valence-corrected chi connectivity index (χ0v) is 7.00. The molecule has 0 atom stereocenters. The summed E-state index contributed by atoms with van der Waals surface area (Å²) in [6, 6.07) is 5.76. The van der Waals surface area contributed by atoms with E-state index in [-0.39, 0.29) is 0 Å². The van der Waals surface area contributed by atoms with Gasteiger partial charge in [0.25, 0.3) is 0 Å². The molecular weight excluding hydrogens is 152 g/mol. The zero-order chi connectivity index (χ0) is 8.55. The van der Waals surface area contributed by atoms with Crippen LogP contribution in [0.4, 0.5) is 0 Å². The molecule has 0 saturated carbocycles. The average molecular weight is 163 g/mol. The number of hydrogen-bond acceptors (Lipinski definition) is 2. The van der Waals surface area contributed by atoms with Crippen LogP contribution in [0.5, 0.6) is 5.75 Å². The summed E-state index contributed by atoms with van der Waals surface area (Å²) in [6.45, 7) is 0. The predicted molar refractivity (Wildman–Crippen MR) is 45.6 cm³/mol. The van der Waals surface area contributed by atoms with Gasteiger partial charge in [-0.05, 0) is 24.5 Å². The molecule has 0 amide bonds. The summed E-state index contributed by atoms with van der Waals surface area (Å²) in [5.41, 5.74) is 2.09. The van der Waals surface area contributed by atoms with E-state index in [1.807, 2.05) is 18.2 Å². The third-order valence-electron chi connectivity index (χ3n) is 2.28. The lowest BCUT2D eigenvalue weighted by Gasteiger charge is -2.06. The highest BCUT2D eigenvalue weighted by atomic mass is 16.5. The van der Waals surface area contributed by atoms with Crippen LogP contribution in [0.25, 0.3) is 0 Å². The van der Waals surface area contributed by atoms with Crippen molar-refractivity contribution in [1.29, 1.82) is 0 Å². The third-order valence-corrected chi connectivity index (χ3v) is 2.28. The van der Waals surface area contributed by atoms with Crippen LogP contribution in [-0.2, 0) is 6.42 Å². The quantitative estimate of drug-likeness (QED) is 0.685. The van der Waals surface area contributed by atoms with E-state index in [9.17, 15) is 5.11 Å². The van der Waals surface area contributed by atoms with Crippen molar-refractivity contribution in [2.24, 2.45) is 0 Å². The summed E-state index contributed by atoms with van der Waals surface area (Å²) in [7, 11) is 1.66. The molecule has 0 unspecified atom stereocenters. The van der Waals surface area contributed by atoms with Gasteiger partial charge in [0, 0.05) is 5.56 Å². The lowest BCUT2D eigenvalue weighted by atomic mass is 10.1. The number of methoxy groups -OCH3 is 1. The Balaban J connectivity index is 2.50. The molecule has 0 fully saturated rings. The van der Waals surface area contributed by atoms with Crippen molar-refractivity contribution in [1.82, 2.24) is 0 Å². The van der Waals surface area contributed by atoms with Gasteiger partial charge < -0.3 is 9.84 Å². The number of ether oxygens (including phenoxy) is 1. The maximum absolute atomic E-state index is 9.46. The smallest absolute Gasteiger partial charge is 0.123 e. The standard InChI is InChI=1S/C10H11O2/c1-12-10-4-2-3-7-8(10)5-6-9(7)11/h2-4,11H,5-6H2,1H3. The first-order valence-electron chi connectivity index (χ1n) is 4.04. The third kappa shape index (κ3) is 0.994. The molecule has 12 heavy (non-hydrogen) atoms. The molecule has 2 heteroatoms. The van der Waals surface area contributed by atoms with E-state index in [0.29, 0.717) is 6.10 Å². The van der Waals surface area contributed by atoms with Gasteiger partial charge in [-0.25, -0.2) is 0 Å². The summed E-state index contributed by atoms with van der Waals surface area (Å²) in [5.74, 6) is 0.886. The van der Waals surface area contributed by atoms with Gasteiger partial charge in [0.05, 0.1) is 7.11 Å². The lowest BCUT2D eigenvalue weighted by molar-refractivity contribution is 0.324. The molecule has 0 saturated heterocycles. The second kappa shape index (κ2) is 2.79. The molecule has 1 aliphatic rings. The van der Waals surface area contributed by atoms with E-state index in [0.717, 1.165) is 29.7 Å². The molecular formula is C10H11O2. The van der Waals surface area contributed by atoms with Crippen LogP contribution < -0.4 is 4.74 Å². The fourth-order valence-corrected chi connectivity index (χ4v) is 1.66. The molecule has 2 nitrogen and oxygen atoms in total. The fourth-order valence-electron chi connectivity index (χ4n) is 1.66. The molecule has 1 radical (unpaired) electrons. The minimum atomic E-state index is 0.490. The average Bonchev–Trinajstić information content (AvgIpc) is 2.48. The molecule has 1 aromatic rings. The summed E-state index contributed by atoms with van der Waals surface area (Å²) < 4.78 is 5.18. The minimum absolute atomic E-state index is 0.490. The molecule has 2 rings (SSSR count). The van der Waals surface area contributed by atoms with Gasteiger partial charge in [-0.3, -0.25) is 0 Å². The van der Waals surface area contributed by atoms with Crippen LogP contribution in [0, 0.1) is 6.10 Å². The number of hydrogen-bond donors (Lipinski definition) is 1. The highest BCUT2D eigenvalue weighted by Gasteiger charge is 2.23. The predicted octanol–water partition coefficient (Wildman–Crippen LogP) is 1.89. The molecule has 1 N–H and O–H groups in total. The van der Waals surface area contributed by atoms with Crippen molar-refractivity contribution in [2.75, 3.05) is 7.11 Å². The van der Waals surface area contributed by atoms with Gasteiger partial charge in [-0.2, -0.15) is 0 Å². The van der Waals surface area contributed by atoms with E-state index in [1.54, 1.807) is 7.11 Å². The maximum Gasteiger partial charge on any atom is 0.123 e. The van der Waals surface area contributed by atoms with Gasteiger partial charge in [0.1, 0.15) is 11.9 Å². The Morgan fingerprint density at radius 2 is 2.17 bits per heavy atom. The number of aliphatic hydroxyl groups is 1. The zero-order valence-electron chi connectivity index (χ0n) is 7.00. The Hall–Kier alpha value is -1.02. The van der Waals surface area contributed by atoms with Crippen molar-refractivity contribution in [3.63, 3.8) is 0 Å². The van der Waals surface area contributed by atoms with Crippen LogP contribution in [-0.4, -0.2) is 12.2 Å². The minimum Gasteiger partial charge on any atom is -0.496 e. The van der Waals surface area contributed by atoms with E-state index < -0.39 is 0 Å². The lowest BCUT2D eigenvalue weighted by Crippen LogP contribution is -1.92. The molecule has 0 spiro atoms. The van der Waals surface area contributed by atoms with Gasteiger partial charge in [-0.1, -0.05) is 12.1 Å². The van der Waals surface area contributed by atoms with Gasteiger partial charge in [0.2, 0.25) is 0 Å². The highest BCUT2D eigenvalue weighted by Crippen LogP contribution is 2.35. The van der Waals surface area contributed by atoms with Crippen LogP contribution in [0.2, 0.25) is 0 Å². The molecule has 0 bridgehead atoms. The molecule has 63 valence electrons. The summed E-state index contributed by atoms with van der Waals surface area (Å²) in [4.78, 5) is 0. The normalized spacial score (nSPS) is 16.2. The molecule has 1 aromatic carbocycles. The Morgan fingerprint density at radius 3 is 2.92 bits per heavy atom. The fraction of sp³-hybridized carbons (Fsp3) is 0.300. The largest absolute Gasteiger partial charge is 0.496 e. The van der Waals surface area contributed by atoms with E-state index in [2.05, 4.69) is 0 Å². The molecule has 1 aliphatic carbocycles. The Bertz CT molecular complexity index is 294. The van der Waals surface area contributed by atoms with E-state index >= 15 is 0 Å². The van der Waals surface area contributed by atoms with Gasteiger partial charge >= 0.3 is 0 Å². The summed E-state index contributed by atoms with van der Waals surface area (Å²) in [5, 5.41) is 9.46. The van der Waals surface area contributed by atoms with Crippen molar-refractivity contribution in [3.8, 4) is 5.75 Å². The number of fused-ring (bicyclic) bond motifs is 1. The Morgan fingerprint density at radius 1 is 1.33 bits per heavy atom. The monoisotopic (exact) mass is 163 g/mol. The molecule has 0 aromatic heterocycles. The first-order valence-corrected chi connectivity index (χ1v) is 4.04.